The molecule has 2 aromatic carbocycles. The van der Waals surface area contributed by atoms with Crippen LogP contribution in [0.5, 0.6) is 28.7 Å². The largest absolute Gasteiger partial charge is 0.495 e. The molecular weight excluding hydrogens is 482 g/mol. The van der Waals surface area contributed by atoms with E-state index in [9.17, 15) is 4.79 Å². The van der Waals surface area contributed by atoms with Crippen molar-refractivity contribution in [3.63, 3.8) is 0 Å². The number of aromatic nitrogens is 1. The van der Waals surface area contributed by atoms with Gasteiger partial charge in [-0.2, -0.15) is 0 Å². The smallest absolute Gasteiger partial charge is 0.254 e. The van der Waals surface area contributed by atoms with E-state index in [1.165, 1.54) is 0 Å². The molecule has 0 spiro atoms. The summed E-state index contributed by atoms with van der Waals surface area (Å²) in [4.78, 5) is 22.3. The van der Waals surface area contributed by atoms with Gasteiger partial charge in [0.1, 0.15) is 21.7 Å². The summed E-state index contributed by atoms with van der Waals surface area (Å²) in [7, 11) is 3.29. The number of ether oxygens (including phenoxy) is 5. The molecule has 0 atom stereocenters. The van der Waals surface area contributed by atoms with Gasteiger partial charge < -0.3 is 33.5 Å². The van der Waals surface area contributed by atoms with Gasteiger partial charge in [0.15, 0.2) is 16.6 Å². The van der Waals surface area contributed by atoms with Crippen LogP contribution in [0, 0.1) is 0 Å². The van der Waals surface area contributed by atoms with Crippen LogP contribution in [0.25, 0.3) is 10.2 Å². The molecule has 0 unspecified atom stereocenters. The molecule has 0 aliphatic carbocycles. The second-order valence-electron chi connectivity index (χ2n) is 8.02. The molecule has 10 heteroatoms. The number of fused-ring (bicyclic) bond motifs is 1. The molecule has 1 fully saturated rings. The Morgan fingerprint density at radius 2 is 1.44 bits per heavy atom. The minimum Gasteiger partial charge on any atom is -0.495 e. The molecule has 0 N–H and O–H groups in total. The Kier molecular flexibility index (Phi) is 8.25. The second kappa shape index (κ2) is 11.6. The van der Waals surface area contributed by atoms with Crippen LogP contribution in [0.2, 0.25) is 0 Å². The molecule has 1 aliphatic rings. The van der Waals surface area contributed by atoms with Crippen molar-refractivity contribution >= 4 is 32.6 Å². The molecule has 9 nitrogen and oxygen atoms in total. The number of amides is 1. The number of thiazole rings is 1. The fourth-order valence-electron chi connectivity index (χ4n) is 4.21. The van der Waals surface area contributed by atoms with E-state index in [1.54, 1.807) is 37.7 Å². The van der Waals surface area contributed by atoms with Gasteiger partial charge in [-0.25, -0.2) is 4.98 Å². The van der Waals surface area contributed by atoms with Gasteiger partial charge in [0.05, 0.1) is 34.0 Å². The predicted octanol–water partition coefficient (Wildman–Crippen LogP) is 4.47. The number of carbonyl (C=O) groups is 1. The standard InChI is InChI=1S/C26H33N3O6S/c1-6-33-20-15-17(16-21(34-7-2)23(20)35-8-3)25(30)28-11-13-29(14-12-28)26-27-22-18(31-4)9-10-19(32-5)24(22)36-26/h9-10,15-16H,6-8,11-14H2,1-5H3. The molecule has 3 aromatic rings. The zero-order valence-electron chi connectivity index (χ0n) is 21.5. The number of rotatable bonds is 10. The van der Waals surface area contributed by atoms with Crippen molar-refractivity contribution in [1.29, 1.82) is 0 Å². The van der Waals surface area contributed by atoms with Crippen molar-refractivity contribution in [2.45, 2.75) is 20.8 Å². The van der Waals surface area contributed by atoms with E-state index in [0.717, 1.165) is 21.1 Å². The first-order valence-corrected chi connectivity index (χ1v) is 13.0. The molecule has 1 saturated heterocycles. The van der Waals surface area contributed by atoms with Crippen LogP contribution in [0.15, 0.2) is 24.3 Å². The molecule has 194 valence electrons. The molecule has 1 aromatic heterocycles. The topological polar surface area (TPSA) is 82.6 Å². The number of carbonyl (C=O) groups excluding carboxylic acids is 1. The van der Waals surface area contributed by atoms with Crippen LogP contribution < -0.4 is 28.6 Å². The molecule has 1 aliphatic heterocycles. The van der Waals surface area contributed by atoms with E-state index in [0.29, 0.717) is 74.6 Å². The average molecular weight is 516 g/mol. The molecule has 1 amide bonds. The maximum Gasteiger partial charge on any atom is 0.254 e. The summed E-state index contributed by atoms with van der Waals surface area (Å²) < 4.78 is 29.3. The number of nitrogens with zero attached hydrogens (tertiary/aromatic N) is 3. The lowest BCUT2D eigenvalue weighted by atomic mass is 10.1. The van der Waals surface area contributed by atoms with Gasteiger partial charge in [0.2, 0.25) is 5.75 Å². The maximum absolute atomic E-state index is 13.4. The van der Waals surface area contributed by atoms with E-state index in [4.69, 9.17) is 28.7 Å². The highest BCUT2D eigenvalue weighted by Crippen LogP contribution is 2.41. The van der Waals surface area contributed by atoms with E-state index in [1.807, 2.05) is 37.8 Å². The van der Waals surface area contributed by atoms with Gasteiger partial charge >= 0.3 is 0 Å². The third-order valence-corrected chi connectivity index (χ3v) is 7.02. The highest BCUT2D eigenvalue weighted by Gasteiger charge is 2.27. The Labute approximate surface area is 215 Å². The van der Waals surface area contributed by atoms with Crippen LogP contribution >= 0.6 is 11.3 Å². The van der Waals surface area contributed by atoms with Crippen molar-refractivity contribution in [1.82, 2.24) is 9.88 Å². The van der Waals surface area contributed by atoms with Crippen molar-refractivity contribution in [3.8, 4) is 28.7 Å². The SMILES string of the molecule is CCOc1cc(C(=O)N2CCN(c3nc4c(OC)ccc(OC)c4s3)CC2)cc(OCC)c1OCC. The first-order chi connectivity index (χ1) is 17.5. The van der Waals surface area contributed by atoms with Crippen molar-refractivity contribution in [3.05, 3.63) is 29.8 Å². The lowest BCUT2D eigenvalue weighted by molar-refractivity contribution is 0.0745. The van der Waals surface area contributed by atoms with Gasteiger partial charge in [0, 0.05) is 31.7 Å². The monoisotopic (exact) mass is 515 g/mol. The average Bonchev–Trinajstić information content (AvgIpc) is 3.35. The predicted molar refractivity (Wildman–Crippen MR) is 141 cm³/mol. The Hall–Kier alpha value is -3.40. The number of anilines is 1. The number of hydrogen-bond donors (Lipinski definition) is 0. The molecule has 0 radical (unpaired) electrons. The molecule has 4 rings (SSSR count). The van der Waals surface area contributed by atoms with Crippen molar-refractivity contribution in [2.75, 3.05) is 65.1 Å². The lowest BCUT2D eigenvalue weighted by Gasteiger charge is -2.34. The van der Waals surface area contributed by atoms with Crippen molar-refractivity contribution < 1.29 is 28.5 Å². The van der Waals surface area contributed by atoms with E-state index in [-0.39, 0.29) is 5.91 Å². The van der Waals surface area contributed by atoms with Gasteiger partial charge in [-0.1, -0.05) is 11.3 Å². The molecular formula is C26H33N3O6S. The number of piperazine rings is 1. The normalized spacial score (nSPS) is 13.6. The van der Waals surface area contributed by atoms with Crippen LogP contribution in [0.1, 0.15) is 31.1 Å². The van der Waals surface area contributed by atoms with Gasteiger partial charge in [-0.3, -0.25) is 4.79 Å². The van der Waals surface area contributed by atoms with E-state index >= 15 is 0 Å². The Balaban J connectivity index is 1.53. The number of benzene rings is 2. The van der Waals surface area contributed by atoms with E-state index in [2.05, 4.69) is 4.90 Å². The first-order valence-electron chi connectivity index (χ1n) is 12.2. The molecule has 2 heterocycles. The van der Waals surface area contributed by atoms with Crippen molar-refractivity contribution in [2.24, 2.45) is 0 Å². The van der Waals surface area contributed by atoms with Crippen LogP contribution in [-0.4, -0.2) is 76.0 Å². The summed E-state index contributed by atoms with van der Waals surface area (Å²) in [5.74, 6) is 2.99. The van der Waals surface area contributed by atoms with E-state index < -0.39 is 0 Å². The summed E-state index contributed by atoms with van der Waals surface area (Å²) in [6.45, 7) is 9.58. The zero-order valence-corrected chi connectivity index (χ0v) is 22.3. The van der Waals surface area contributed by atoms with Gasteiger partial charge in [-0.15, -0.1) is 0 Å². The third kappa shape index (κ3) is 5.09. The summed E-state index contributed by atoms with van der Waals surface area (Å²) in [5.41, 5.74) is 1.31. The highest BCUT2D eigenvalue weighted by atomic mass is 32.1. The fourth-order valence-corrected chi connectivity index (χ4v) is 5.33. The first kappa shape index (κ1) is 25.7. The second-order valence-corrected chi connectivity index (χ2v) is 9.00. The Morgan fingerprint density at radius 1 is 0.861 bits per heavy atom. The Morgan fingerprint density at radius 3 is 2.00 bits per heavy atom. The molecule has 0 bridgehead atoms. The lowest BCUT2D eigenvalue weighted by Crippen LogP contribution is -2.48. The third-order valence-electron chi connectivity index (χ3n) is 5.89. The van der Waals surface area contributed by atoms with Crippen LogP contribution in [0.3, 0.4) is 0 Å². The summed E-state index contributed by atoms with van der Waals surface area (Å²) >= 11 is 1.57. The summed E-state index contributed by atoms with van der Waals surface area (Å²) in [6.07, 6.45) is 0. The highest BCUT2D eigenvalue weighted by molar-refractivity contribution is 7.22. The quantitative estimate of drug-likeness (QED) is 0.391. The zero-order chi connectivity index (χ0) is 25.7. The summed E-state index contributed by atoms with van der Waals surface area (Å²) in [6, 6.07) is 7.25. The maximum atomic E-state index is 13.4. The number of methoxy groups -OCH3 is 2. The van der Waals surface area contributed by atoms with Gasteiger partial charge in [0.25, 0.3) is 5.91 Å². The molecule has 0 saturated carbocycles. The summed E-state index contributed by atoms with van der Waals surface area (Å²) in [5, 5.41) is 0.887. The Bertz CT molecular complexity index is 1140. The minimum absolute atomic E-state index is 0.0627. The van der Waals surface area contributed by atoms with Crippen LogP contribution in [0.4, 0.5) is 5.13 Å². The van der Waals surface area contributed by atoms with Crippen LogP contribution in [-0.2, 0) is 0 Å². The fraction of sp³-hybridized carbons (Fsp3) is 0.462. The number of hydrogen-bond acceptors (Lipinski definition) is 9. The minimum atomic E-state index is -0.0627. The molecule has 36 heavy (non-hydrogen) atoms. The van der Waals surface area contributed by atoms with Gasteiger partial charge in [-0.05, 0) is 45.0 Å².